The van der Waals surface area contributed by atoms with E-state index >= 15 is 0 Å². The molecule has 20 heavy (non-hydrogen) atoms. The molecule has 2 aromatic rings. The number of hydrogen-bond donors (Lipinski definition) is 2. The molecule has 0 radical (unpaired) electrons. The molecular formula is C14H16N4OS. The molecule has 0 aliphatic carbocycles. The van der Waals surface area contributed by atoms with Crippen molar-refractivity contribution in [3.8, 4) is 0 Å². The van der Waals surface area contributed by atoms with E-state index in [1.807, 2.05) is 23.6 Å². The van der Waals surface area contributed by atoms with Crippen molar-refractivity contribution < 1.29 is 4.79 Å². The van der Waals surface area contributed by atoms with Crippen LogP contribution in [0.25, 0.3) is 0 Å². The normalized spacial score (nSPS) is 10.2. The molecule has 1 aromatic heterocycles. The lowest BCUT2D eigenvalue weighted by molar-refractivity contribution is -0.116. The Hall–Kier alpha value is -2.21. The van der Waals surface area contributed by atoms with Crippen molar-refractivity contribution in [1.29, 1.82) is 0 Å². The van der Waals surface area contributed by atoms with Crippen LogP contribution in [-0.4, -0.2) is 20.4 Å². The fourth-order valence-electron chi connectivity index (χ4n) is 1.95. The van der Waals surface area contributed by atoms with Crippen molar-refractivity contribution >= 4 is 28.8 Å². The van der Waals surface area contributed by atoms with Gasteiger partial charge in [0.1, 0.15) is 17.4 Å². The van der Waals surface area contributed by atoms with Gasteiger partial charge in [-0.3, -0.25) is 4.79 Å². The van der Waals surface area contributed by atoms with Gasteiger partial charge in [0, 0.05) is 24.4 Å². The number of hydrogen-bond acceptors (Lipinski definition) is 3. The molecule has 5 nitrogen and oxygen atoms in total. The average Bonchev–Trinajstić information content (AvgIpc) is 2.86. The predicted octanol–water partition coefficient (Wildman–Crippen LogP) is 1.72. The van der Waals surface area contributed by atoms with Crippen LogP contribution >= 0.6 is 12.2 Å². The van der Waals surface area contributed by atoms with Gasteiger partial charge in [0.05, 0.1) is 5.69 Å². The van der Waals surface area contributed by atoms with Crippen molar-refractivity contribution in [1.82, 2.24) is 9.55 Å². The van der Waals surface area contributed by atoms with Crippen molar-refractivity contribution in [2.45, 2.75) is 19.9 Å². The third kappa shape index (κ3) is 3.21. The minimum Gasteiger partial charge on any atom is -0.389 e. The van der Waals surface area contributed by atoms with E-state index in [9.17, 15) is 4.79 Å². The maximum absolute atomic E-state index is 12.1. The molecule has 0 spiro atoms. The van der Waals surface area contributed by atoms with Crippen LogP contribution in [0.4, 0.5) is 5.69 Å². The monoisotopic (exact) mass is 288 g/mol. The van der Waals surface area contributed by atoms with Gasteiger partial charge in [-0.15, -0.1) is 0 Å². The summed E-state index contributed by atoms with van der Waals surface area (Å²) in [5.74, 6) is 0.740. The first-order chi connectivity index (χ1) is 9.61. The fourth-order valence-corrected chi connectivity index (χ4v) is 2.13. The number of rotatable bonds is 5. The molecule has 0 aliphatic heterocycles. The molecule has 0 fully saturated rings. The molecule has 6 heteroatoms. The van der Waals surface area contributed by atoms with Gasteiger partial charge in [0.2, 0.25) is 5.91 Å². The first-order valence-electron chi connectivity index (χ1n) is 6.30. The minimum absolute atomic E-state index is 0.138. The number of aromatic nitrogens is 2. The Balaban J connectivity index is 2.11. The number of amides is 1. The second-order valence-electron chi connectivity index (χ2n) is 4.28. The summed E-state index contributed by atoms with van der Waals surface area (Å²) in [6.07, 6.45) is 4.26. The summed E-state index contributed by atoms with van der Waals surface area (Å²) in [4.78, 5) is 16.5. The Bertz CT molecular complexity index is 636. The highest BCUT2D eigenvalue weighted by molar-refractivity contribution is 7.80. The van der Waals surface area contributed by atoms with E-state index in [2.05, 4.69) is 10.3 Å². The van der Waals surface area contributed by atoms with E-state index < -0.39 is 0 Å². The Labute approximate surface area is 122 Å². The van der Waals surface area contributed by atoms with E-state index in [1.165, 1.54) is 0 Å². The maximum atomic E-state index is 12.1. The molecule has 1 aromatic carbocycles. The Morgan fingerprint density at radius 3 is 2.90 bits per heavy atom. The van der Waals surface area contributed by atoms with Gasteiger partial charge in [0.15, 0.2) is 0 Å². The summed E-state index contributed by atoms with van der Waals surface area (Å²) >= 11 is 4.97. The molecule has 1 amide bonds. The van der Waals surface area contributed by atoms with Gasteiger partial charge in [-0.05, 0) is 12.1 Å². The first-order valence-corrected chi connectivity index (χ1v) is 6.71. The molecule has 0 atom stereocenters. The number of anilines is 1. The topological polar surface area (TPSA) is 72.9 Å². The van der Waals surface area contributed by atoms with Crippen LogP contribution in [0.1, 0.15) is 18.3 Å². The average molecular weight is 288 g/mol. The van der Waals surface area contributed by atoms with Crippen LogP contribution in [-0.2, 0) is 17.8 Å². The van der Waals surface area contributed by atoms with E-state index in [0.29, 0.717) is 11.3 Å². The lowest BCUT2D eigenvalue weighted by Crippen LogP contribution is -2.22. The Morgan fingerprint density at radius 1 is 1.45 bits per heavy atom. The van der Waals surface area contributed by atoms with Crippen LogP contribution in [0.5, 0.6) is 0 Å². The number of nitrogens with two attached hydrogens (primary N) is 1. The maximum Gasteiger partial charge on any atom is 0.244 e. The number of thiocarbonyl (C=S) groups is 1. The third-order valence-electron chi connectivity index (χ3n) is 2.90. The molecule has 1 heterocycles. The van der Waals surface area contributed by atoms with Crippen LogP contribution in [0.3, 0.4) is 0 Å². The molecule has 2 rings (SSSR count). The van der Waals surface area contributed by atoms with Crippen LogP contribution in [0.15, 0.2) is 36.7 Å². The summed E-state index contributed by atoms with van der Waals surface area (Å²) in [5, 5.41) is 2.83. The number of carbonyl (C=O) groups is 1. The number of benzene rings is 1. The highest BCUT2D eigenvalue weighted by atomic mass is 32.1. The number of nitrogens with one attached hydrogen (secondary N) is 1. The molecule has 104 valence electrons. The highest BCUT2D eigenvalue weighted by Crippen LogP contribution is 2.15. The molecule has 0 bridgehead atoms. The van der Waals surface area contributed by atoms with Crippen molar-refractivity contribution in [3.05, 3.63) is 48.0 Å². The van der Waals surface area contributed by atoms with Crippen molar-refractivity contribution in [3.63, 3.8) is 0 Å². The van der Waals surface area contributed by atoms with Gasteiger partial charge in [0.25, 0.3) is 0 Å². The SMILES string of the molecule is CCc1nccn1CC(=O)Nc1ccccc1C(N)=S. The largest absolute Gasteiger partial charge is 0.389 e. The zero-order valence-electron chi connectivity index (χ0n) is 11.2. The van der Waals surface area contributed by atoms with Crippen LogP contribution < -0.4 is 11.1 Å². The van der Waals surface area contributed by atoms with Gasteiger partial charge in [-0.25, -0.2) is 4.98 Å². The zero-order valence-corrected chi connectivity index (χ0v) is 12.0. The lowest BCUT2D eigenvalue weighted by atomic mass is 10.2. The van der Waals surface area contributed by atoms with Crippen LogP contribution in [0, 0.1) is 0 Å². The lowest BCUT2D eigenvalue weighted by Gasteiger charge is -2.11. The summed E-state index contributed by atoms with van der Waals surface area (Å²) < 4.78 is 1.82. The number of carbonyl (C=O) groups excluding carboxylic acids is 1. The quantitative estimate of drug-likeness (QED) is 0.822. The molecular weight excluding hydrogens is 272 g/mol. The van der Waals surface area contributed by atoms with E-state index in [0.717, 1.165) is 12.2 Å². The molecule has 0 saturated heterocycles. The number of para-hydroxylation sites is 1. The van der Waals surface area contributed by atoms with E-state index in [-0.39, 0.29) is 17.4 Å². The standard InChI is InChI=1S/C14H16N4OS/c1-2-12-16-7-8-18(12)9-13(19)17-11-6-4-3-5-10(11)14(15)20/h3-8H,2,9H2,1H3,(H2,15,20)(H,17,19). The van der Waals surface area contributed by atoms with Gasteiger partial charge in [-0.2, -0.15) is 0 Å². The second-order valence-corrected chi connectivity index (χ2v) is 4.72. The summed E-state index contributed by atoms with van der Waals surface area (Å²) in [6, 6.07) is 7.22. The first kappa shape index (κ1) is 14.2. The van der Waals surface area contributed by atoms with Crippen molar-refractivity contribution in [2.75, 3.05) is 5.32 Å². The van der Waals surface area contributed by atoms with E-state index in [1.54, 1.807) is 24.5 Å². The van der Waals surface area contributed by atoms with Gasteiger partial charge >= 0.3 is 0 Å². The van der Waals surface area contributed by atoms with E-state index in [4.69, 9.17) is 18.0 Å². The Morgan fingerprint density at radius 2 is 2.20 bits per heavy atom. The van der Waals surface area contributed by atoms with Crippen molar-refractivity contribution in [2.24, 2.45) is 5.73 Å². The second kappa shape index (κ2) is 6.29. The zero-order chi connectivity index (χ0) is 14.5. The molecule has 0 saturated carbocycles. The summed E-state index contributed by atoms with van der Waals surface area (Å²) in [6.45, 7) is 2.22. The smallest absolute Gasteiger partial charge is 0.244 e. The predicted molar refractivity (Wildman–Crippen MR) is 82.6 cm³/mol. The number of nitrogens with zero attached hydrogens (tertiary/aromatic N) is 2. The number of aryl methyl sites for hydroxylation is 1. The minimum atomic E-state index is -0.138. The summed E-state index contributed by atoms with van der Waals surface area (Å²) in [5.41, 5.74) is 6.93. The fraction of sp³-hybridized carbons (Fsp3) is 0.214. The third-order valence-corrected chi connectivity index (χ3v) is 3.12. The number of imidazole rings is 1. The van der Waals surface area contributed by atoms with Gasteiger partial charge < -0.3 is 15.6 Å². The molecule has 3 N–H and O–H groups in total. The van der Waals surface area contributed by atoms with Gasteiger partial charge in [-0.1, -0.05) is 31.3 Å². The molecule has 0 unspecified atom stereocenters. The molecule has 0 aliphatic rings. The highest BCUT2D eigenvalue weighted by Gasteiger charge is 2.10. The van der Waals surface area contributed by atoms with Crippen LogP contribution in [0.2, 0.25) is 0 Å². The Kier molecular flexibility index (Phi) is 4.47. The summed E-state index contributed by atoms with van der Waals surface area (Å²) in [7, 11) is 0.